The summed E-state index contributed by atoms with van der Waals surface area (Å²) in [6.07, 6.45) is -1.10. The molecule has 0 atom stereocenters. The summed E-state index contributed by atoms with van der Waals surface area (Å²) in [6, 6.07) is 21.7. The summed E-state index contributed by atoms with van der Waals surface area (Å²) < 4.78 is 10.9. The predicted octanol–water partition coefficient (Wildman–Crippen LogP) is 6.70. The molecule has 0 aromatic heterocycles. The molecule has 1 aliphatic carbocycles. The topological polar surface area (TPSA) is 76.7 Å². The number of carbonyl (C=O) groups is 2. The monoisotopic (exact) mass is 444 g/mol. The van der Waals surface area contributed by atoms with Crippen LogP contribution in [0.3, 0.4) is 0 Å². The molecule has 2 amide bonds. The van der Waals surface area contributed by atoms with Gasteiger partial charge in [0.15, 0.2) is 0 Å². The van der Waals surface area contributed by atoms with Crippen LogP contribution in [0.2, 0.25) is 0 Å². The van der Waals surface area contributed by atoms with Crippen molar-refractivity contribution in [1.82, 2.24) is 0 Å². The Balaban J connectivity index is 1.42. The van der Waals surface area contributed by atoms with Gasteiger partial charge in [0.2, 0.25) is 0 Å². The molecule has 4 rings (SSSR count). The molecule has 0 spiro atoms. The lowest BCUT2D eigenvalue weighted by Gasteiger charge is -2.20. The third kappa shape index (κ3) is 5.17. The van der Waals surface area contributed by atoms with Crippen molar-refractivity contribution in [3.8, 4) is 11.1 Å². The standard InChI is InChI=1S/C27H28N2O4/c1-17-13-14-18(28-26(31)33-27(2,3)4)15-24(17)29-25(30)32-16-23-21-11-7-5-9-19(21)20-10-6-8-12-22(20)23/h5-15,23H,16H2,1-4H3,(H,28,31)(H,29,30). The average Bonchev–Trinajstić information content (AvgIpc) is 3.07. The van der Waals surface area contributed by atoms with Crippen molar-refractivity contribution in [3.63, 3.8) is 0 Å². The largest absolute Gasteiger partial charge is 0.448 e. The second kappa shape index (κ2) is 8.98. The zero-order valence-corrected chi connectivity index (χ0v) is 19.3. The van der Waals surface area contributed by atoms with Crippen LogP contribution in [0.4, 0.5) is 21.0 Å². The molecule has 6 heteroatoms. The summed E-state index contributed by atoms with van der Waals surface area (Å²) in [6.45, 7) is 7.49. The molecule has 170 valence electrons. The first-order valence-electron chi connectivity index (χ1n) is 10.9. The minimum absolute atomic E-state index is 0.00980. The predicted molar refractivity (Wildman–Crippen MR) is 130 cm³/mol. The van der Waals surface area contributed by atoms with Gasteiger partial charge in [-0.15, -0.1) is 0 Å². The average molecular weight is 445 g/mol. The number of benzene rings is 3. The first-order valence-corrected chi connectivity index (χ1v) is 10.9. The van der Waals surface area contributed by atoms with Gasteiger partial charge in [0.25, 0.3) is 0 Å². The van der Waals surface area contributed by atoms with Crippen molar-refractivity contribution < 1.29 is 19.1 Å². The fourth-order valence-electron chi connectivity index (χ4n) is 4.00. The fraction of sp³-hybridized carbons (Fsp3) is 0.259. The Labute approximate surface area is 193 Å². The van der Waals surface area contributed by atoms with Crippen LogP contribution in [-0.4, -0.2) is 24.4 Å². The van der Waals surface area contributed by atoms with Crippen LogP contribution in [0.25, 0.3) is 11.1 Å². The van der Waals surface area contributed by atoms with Crippen LogP contribution >= 0.6 is 0 Å². The highest BCUT2D eigenvalue weighted by molar-refractivity contribution is 5.90. The van der Waals surface area contributed by atoms with E-state index in [9.17, 15) is 9.59 Å². The molecule has 0 bridgehead atoms. The van der Waals surface area contributed by atoms with E-state index >= 15 is 0 Å². The minimum atomic E-state index is -0.600. The van der Waals surface area contributed by atoms with E-state index in [1.807, 2.05) is 37.3 Å². The zero-order valence-electron chi connectivity index (χ0n) is 19.3. The van der Waals surface area contributed by atoms with Crippen molar-refractivity contribution in [2.75, 3.05) is 17.2 Å². The lowest BCUT2D eigenvalue weighted by Crippen LogP contribution is -2.27. The summed E-state index contributed by atoms with van der Waals surface area (Å²) in [5.41, 5.74) is 6.00. The molecule has 0 heterocycles. The Morgan fingerprint density at radius 3 is 2.06 bits per heavy atom. The Hall–Kier alpha value is -3.80. The van der Waals surface area contributed by atoms with Gasteiger partial charge in [-0.25, -0.2) is 9.59 Å². The number of ether oxygens (including phenoxy) is 2. The van der Waals surface area contributed by atoms with Gasteiger partial charge in [-0.05, 0) is 67.6 Å². The van der Waals surface area contributed by atoms with E-state index in [-0.39, 0.29) is 12.5 Å². The van der Waals surface area contributed by atoms with Crippen molar-refractivity contribution >= 4 is 23.6 Å². The number of nitrogens with one attached hydrogen (secondary N) is 2. The number of fused-ring (bicyclic) bond motifs is 3. The van der Waals surface area contributed by atoms with Gasteiger partial charge in [-0.3, -0.25) is 10.6 Å². The molecule has 2 N–H and O–H groups in total. The molecule has 3 aromatic carbocycles. The van der Waals surface area contributed by atoms with E-state index in [4.69, 9.17) is 9.47 Å². The SMILES string of the molecule is Cc1ccc(NC(=O)OC(C)(C)C)cc1NC(=O)OCC1c2ccccc2-c2ccccc21. The van der Waals surface area contributed by atoms with Crippen LogP contribution < -0.4 is 10.6 Å². The fourth-order valence-corrected chi connectivity index (χ4v) is 4.00. The van der Waals surface area contributed by atoms with Gasteiger partial charge in [-0.1, -0.05) is 54.6 Å². The van der Waals surface area contributed by atoms with Gasteiger partial charge < -0.3 is 9.47 Å². The van der Waals surface area contributed by atoms with E-state index in [0.717, 1.165) is 16.7 Å². The number of hydrogen-bond acceptors (Lipinski definition) is 4. The molecule has 0 saturated carbocycles. The van der Waals surface area contributed by atoms with Gasteiger partial charge in [0.1, 0.15) is 12.2 Å². The molecule has 0 radical (unpaired) electrons. The molecule has 0 saturated heterocycles. The number of hydrogen-bond donors (Lipinski definition) is 2. The second-order valence-corrected chi connectivity index (χ2v) is 9.11. The van der Waals surface area contributed by atoms with Crippen molar-refractivity contribution in [2.45, 2.75) is 39.2 Å². The molecule has 33 heavy (non-hydrogen) atoms. The highest BCUT2D eigenvalue weighted by atomic mass is 16.6. The molecule has 0 aliphatic heterocycles. The highest BCUT2D eigenvalue weighted by Gasteiger charge is 2.29. The number of carbonyl (C=O) groups excluding carboxylic acids is 2. The normalized spacial score (nSPS) is 12.5. The first-order chi connectivity index (χ1) is 15.7. The quantitative estimate of drug-likeness (QED) is 0.469. The second-order valence-electron chi connectivity index (χ2n) is 9.11. The minimum Gasteiger partial charge on any atom is -0.448 e. The van der Waals surface area contributed by atoms with Gasteiger partial charge in [0.05, 0.1) is 0 Å². The van der Waals surface area contributed by atoms with Gasteiger partial charge >= 0.3 is 12.2 Å². The summed E-state index contributed by atoms with van der Waals surface area (Å²) in [4.78, 5) is 24.7. The van der Waals surface area contributed by atoms with E-state index in [1.165, 1.54) is 11.1 Å². The molecular weight excluding hydrogens is 416 g/mol. The molecule has 1 aliphatic rings. The Kier molecular flexibility index (Phi) is 6.09. The molecule has 3 aromatic rings. The van der Waals surface area contributed by atoms with E-state index in [1.54, 1.807) is 32.9 Å². The summed E-state index contributed by atoms with van der Waals surface area (Å²) in [5, 5.41) is 5.48. The van der Waals surface area contributed by atoms with Crippen LogP contribution in [0.1, 0.15) is 43.4 Å². The van der Waals surface area contributed by atoms with E-state index in [2.05, 4.69) is 34.9 Å². The molecule has 0 unspecified atom stereocenters. The van der Waals surface area contributed by atoms with Gasteiger partial charge in [0, 0.05) is 17.3 Å². The number of aryl methyl sites for hydroxylation is 1. The van der Waals surface area contributed by atoms with Gasteiger partial charge in [-0.2, -0.15) is 0 Å². The maximum absolute atomic E-state index is 12.6. The van der Waals surface area contributed by atoms with Crippen LogP contribution in [0.5, 0.6) is 0 Å². The van der Waals surface area contributed by atoms with Crippen molar-refractivity contribution in [3.05, 3.63) is 83.4 Å². The van der Waals surface area contributed by atoms with Crippen molar-refractivity contribution in [2.24, 2.45) is 0 Å². The third-order valence-corrected chi connectivity index (χ3v) is 5.46. The number of rotatable bonds is 4. The lowest BCUT2D eigenvalue weighted by molar-refractivity contribution is 0.0636. The highest BCUT2D eigenvalue weighted by Crippen LogP contribution is 2.44. The smallest absolute Gasteiger partial charge is 0.412 e. The Morgan fingerprint density at radius 2 is 1.45 bits per heavy atom. The number of amides is 2. The van der Waals surface area contributed by atoms with E-state index < -0.39 is 17.8 Å². The third-order valence-electron chi connectivity index (χ3n) is 5.46. The first kappa shape index (κ1) is 22.4. The summed E-state index contributed by atoms with van der Waals surface area (Å²) in [7, 11) is 0. The lowest BCUT2D eigenvalue weighted by atomic mass is 9.98. The molecular formula is C27H28N2O4. The summed E-state index contributed by atoms with van der Waals surface area (Å²) >= 11 is 0. The zero-order chi connectivity index (χ0) is 23.6. The maximum Gasteiger partial charge on any atom is 0.412 e. The van der Waals surface area contributed by atoms with Crippen molar-refractivity contribution in [1.29, 1.82) is 0 Å². The molecule has 6 nitrogen and oxygen atoms in total. The Bertz CT molecular complexity index is 1150. The molecule has 0 fully saturated rings. The van der Waals surface area contributed by atoms with E-state index in [0.29, 0.717) is 11.4 Å². The van der Waals surface area contributed by atoms with Crippen LogP contribution in [0, 0.1) is 6.92 Å². The van der Waals surface area contributed by atoms with Crippen LogP contribution in [0.15, 0.2) is 66.7 Å². The van der Waals surface area contributed by atoms with Crippen LogP contribution in [-0.2, 0) is 9.47 Å². The Morgan fingerprint density at radius 1 is 0.848 bits per heavy atom. The summed E-state index contributed by atoms with van der Waals surface area (Å²) in [5.74, 6) is -0.00980. The number of anilines is 2. The maximum atomic E-state index is 12.6.